The van der Waals surface area contributed by atoms with E-state index in [-0.39, 0.29) is 5.25 Å². The first-order chi connectivity index (χ1) is 11.6. The predicted molar refractivity (Wildman–Crippen MR) is 102 cm³/mol. The Kier molecular flexibility index (Phi) is 6.61. The number of thioether (sulfide) groups is 1. The Morgan fingerprint density at radius 1 is 1.12 bits per heavy atom. The van der Waals surface area contributed by atoms with Crippen LogP contribution in [0.15, 0.2) is 30.3 Å². The highest BCUT2D eigenvalue weighted by Gasteiger charge is 2.32. The molecule has 6 heteroatoms. The molecule has 1 aromatic rings. The Morgan fingerprint density at radius 2 is 1.88 bits per heavy atom. The Morgan fingerprint density at radius 3 is 2.62 bits per heavy atom. The molecule has 1 aromatic carbocycles. The Labute approximate surface area is 150 Å². The third kappa shape index (κ3) is 5.22. The molecule has 24 heavy (non-hydrogen) atoms. The second-order valence-electron chi connectivity index (χ2n) is 6.85. The van der Waals surface area contributed by atoms with Crippen LogP contribution in [0.4, 0.5) is 0 Å². The molecule has 1 aliphatic carbocycles. The Bertz CT molecular complexity index is 601. The number of nitrogens with zero attached hydrogens (tertiary/aromatic N) is 1. The Balaban J connectivity index is 1.40. The molecule has 3 rings (SSSR count). The van der Waals surface area contributed by atoms with Crippen molar-refractivity contribution in [3.05, 3.63) is 35.9 Å². The summed E-state index contributed by atoms with van der Waals surface area (Å²) >= 11 is 1.93. The summed E-state index contributed by atoms with van der Waals surface area (Å²) in [4.78, 5) is 2.24. The average molecular weight is 369 g/mol. The van der Waals surface area contributed by atoms with Crippen LogP contribution in [0.25, 0.3) is 0 Å². The van der Waals surface area contributed by atoms with E-state index >= 15 is 0 Å². The molecule has 0 spiro atoms. The fraction of sp³-hybridized carbons (Fsp3) is 0.667. The van der Waals surface area contributed by atoms with Crippen molar-refractivity contribution in [2.24, 2.45) is 0 Å². The lowest BCUT2D eigenvalue weighted by Crippen LogP contribution is -2.37. The van der Waals surface area contributed by atoms with Gasteiger partial charge in [-0.25, -0.2) is 13.1 Å². The molecule has 1 saturated carbocycles. The highest BCUT2D eigenvalue weighted by molar-refractivity contribution is 8.00. The summed E-state index contributed by atoms with van der Waals surface area (Å²) in [7, 11) is -3.19. The monoisotopic (exact) mass is 368 g/mol. The summed E-state index contributed by atoms with van der Waals surface area (Å²) in [6.45, 7) is 2.90. The maximum atomic E-state index is 12.5. The summed E-state index contributed by atoms with van der Waals surface area (Å²) in [5, 5.41) is 0.486. The van der Waals surface area contributed by atoms with Crippen LogP contribution in [0, 0.1) is 0 Å². The first-order valence-electron chi connectivity index (χ1n) is 9.00. The zero-order valence-electron chi connectivity index (χ0n) is 14.2. The molecule has 0 radical (unpaired) electrons. The standard InChI is InChI=1S/C18H28N2O2S2/c21-24(22,19-11-13-23-17-8-4-5-9-17)18-10-12-20(15-18)14-16-6-2-1-3-7-16/h1-3,6-7,17-19H,4-5,8-15H2. The molecule has 1 unspecified atom stereocenters. The molecule has 0 bridgehead atoms. The van der Waals surface area contributed by atoms with Crippen LogP contribution in [0.2, 0.25) is 0 Å². The quantitative estimate of drug-likeness (QED) is 0.717. The van der Waals surface area contributed by atoms with Crippen molar-refractivity contribution in [2.45, 2.75) is 49.1 Å². The number of hydrogen-bond donors (Lipinski definition) is 1. The van der Waals surface area contributed by atoms with E-state index < -0.39 is 10.0 Å². The first-order valence-corrected chi connectivity index (χ1v) is 11.6. The summed E-state index contributed by atoms with van der Waals surface area (Å²) in [6.07, 6.45) is 6.01. The number of likely N-dealkylation sites (tertiary alicyclic amines) is 1. The lowest BCUT2D eigenvalue weighted by Gasteiger charge is -2.17. The van der Waals surface area contributed by atoms with E-state index in [9.17, 15) is 8.42 Å². The van der Waals surface area contributed by atoms with E-state index in [1.807, 2.05) is 30.0 Å². The zero-order chi connectivity index (χ0) is 16.8. The molecule has 1 heterocycles. The van der Waals surface area contributed by atoms with Crippen LogP contribution < -0.4 is 4.72 Å². The second kappa shape index (κ2) is 8.70. The molecule has 1 N–H and O–H groups in total. The fourth-order valence-electron chi connectivity index (χ4n) is 3.62. The summed E-state index contributed by atoms with van der Waals surface area (Å²) in [5.74, 6) is 0.893. The maximum absolute atomic E-state index is 12.5. The van der Waals surface area contributed by atoms with Gasteiger partial charge >= 0.3 is 0 Å². The van der Waals surface area contributed by atoms with Crippen molar-refractivity contribution in [2.75, 3.05) is 25.4 Å². The number of sulfonamides is 1. The van der Waals surface area contributed by atoms with Crippen LogP contribution in [-0.4, -0.2) is 49.2 Å². The Hall–Kier alpha value is -0.560. The fourth-order valence-corrected chi connectivity index (χ4v) is 6.41. The van der Waals surface area contributed by atoms with Gasteiger partial charge in [0.15, 0.2) is 0 Å². The molecule has 134 valence electrons. The minimum Gasteiger partial charge on any atom is -0.298 e. The van der Waals surface area contributed by atoms with Gasteiger partial charge in [-0.1, -0.05) is 43.2 Å². The molecule has 1 atom stereocenters. The van der Waals surface area contributed by atoms with Crippen molar-refractivity contribution in [3.8, 4) is 0 Å². The summed E-state index contributed by atoms with van der Waals surface area (Å²) in [6, 6.07) is 10.3. The van der Waals surface area contributed by atoms with Crippen molar-refractivity contribution >= 4 is 21.8 Å². The zero-order valence-corrected chi connectivity index (χ0v) is 15.8. The van der Waals surface area contributed by atoms with Gasteiger partial charge in [0.05, 0.1) is 5.25 Å². The largest absolute Gasteiger partial charge is 0.298 e. The molecule has 0 amide bonds. The van der Waals surface area contributed by atoms with Crippen molar-refractivity contribution in [1.29, 1.82) is 0 Å². The van der Waals surface area contributed by atoms with Gasteiger partial charge in [-0.2, -0.15) is 11.8 Å². The molecule has 2 fully saturated rings. The van der Waals surface area contributed by atoms with E-state index in [4.69, 9.17) is 0 Å². The van der Waals surface area contributed by atoms with Crippen LogP contribution in [0.3, 0.4) is 0 Å². The minimum atomic E-state index is -3.19. The second-order valence-corrected chi connectivity index (χ2v) is 10.3. The number of hydrogen-bond acceptors (Lipinski definition) is 4. The smallest absolute Gasteiger partial charge is 0.215 e. The average Bonchev–Trinajstić information content (AvgIpc) is 3.24. The third-order valence-corrected chi connectivity index (χ3v) is 8.23. The van der Waals surface area contributed by atoms with Gasteiger partial charge in [0.1, 0.15) is 0 Å². The molecule has 1 aliphatic heterocycles. The van der Waals surface area contributed by atoms with Crippen LogP contribution in [0.1, 0.15) is 37.7 Å². The number of nitrogens with one attached hydrogen (secondary N) is 1. The van der Waals surface area contributed by atoms with Crippen molar-refractivity contribution < 1.29 is 8.42 Å². The summed E-state index contributed by atoms with van der Waals surface area (Å²) < 4.78 is 27.8. The highest BCUT2D eigenvalue weighted by atomic mass is 32.2. The normalized spacial score (nSPS) is 23.1. The van der Waals surface area contributed by atoms with Gasteiger partial charge < -0.3 is 0 Å². The van der Waals surface area contributed by atoms with Gasteiger partial charge in [0.2, 0.25) is 10.0 Å². The van der Waals surface area contributed by atoms with Gasteiger partial charge in [-0.05, 0) is 31.4 Å². The lowest BCUT2D eigenvalue weighted by molar-refractivity contribution is 0.331. The molecule has 4 nitrogen and oxygen atoms in total. The van der Waals surface area contributed by atoms with Gasteiger partial charge in [0, 0.05) is 30.6 Å². The van der Waals surface area contributed by atoms with E-state index in [1.54, 1.807) is 0 Å². The lowest BCUT2D eigenvalue weighted by atomic mass is 10.2. The third-order valence-electron chi connectivity index (χ3n) is 4.98. The molecule has 0 aromatic heterocycles. The van der Waals surface area contributed by atoms with Crippen molar-refractivity contribution in [3.63, 3.8) is 0 Å². The maximum Gasteiger partial charge on any atom is 0.215 e. The number of benzene rings is 1. The SMILES string of the molecule is O=S(=O)(NCCSC1CCCC1)C1CCN(Cc2ccccc2)C1. The number of rotatable bonds is 8. The van der Waals surface area contributed by atoms with E-state index in [2.05, 4.69) is 21.8 Å². The highest BCUT2D eigenvalue weighted by Crippen LogP contribution is 2.29. The molecule has 1 saturated heterocycles. The van der Waals surface area contributed by atoms with Gasteiger partial charge in [-0.15, -0.1) is 0 Å². The van der Waals surface area contributed by atoms with Crippen molar-refractivity contribution in [1.82, 2.24) is 9.62 Å². The molecule has 2 aliphatic rings. The minimum absolute atomic E-state index is 0.266. The van der Waals surface area contributed by atoms with Crippen LogP contribution >= 0.6 is 11.8 Å². The topological polar surface area (TPSA) is 49.4 Å². The van der Waals surface area contributed by atoms with E-state index in [0.717, 1.165) is 30.5 Å². The first kappa shape index (κ1) is 18.2. The summed E-state index contributed by atoms with van der Waals surface area (Å²) in [5.41, 5.74) is 1.25. The van der Waals surface area contributed by atoms with E-state index in [1.165, 1.54) is 31.2 Å². The molecular formula is C18H28N2O2S2. The van der Waals surface area contributed by atoms with E-state index in [0.29, 0.717) is 13.1 Å². The van der Waals surface area contributed by atoms with Crippen LogP contribution in [-0.2, 0) is 16.6 Å². The van der Waals surface area contributed by atoms with Crippen LogP contribution in [0.5, 0.6) is 0 Å². The predicted octanol–water partition coefficient (Wildman–Crippen LogP) is 2.86. The van der Waals surface area contributed by atoms with Gasteiger partial charge in [0.25, 0.3) is 0 Å². The van der Waals surface area contributed by atoms with Gasteiger partial charge in [-0.3, -0.25) is 4.90 Å². The molecular weight excluding hydrogens is 340 g/mol.